The number of hydrogen-bond acceptors (Lipinski definition) is 1. The SMILES string of the molecule is [CH2]CCC([CH2])NCC. The van der Waals surface area contributed by atoms with Gasteiger partial charge in [-0.25, -0.2) is 0 Å². The molecule has 0 saturated carbocycles. The summed E-state index contributed by atoms with van der Waals surface area (Å²) in [6, 6.07) is 0.400. The molecular weight excluding hydrogens is 98.1 g/mol. The van der Waals surface area contributed by atoms with Crippen LogP contribution in [0.5, 0.6) is 0 Å². The van der Waals surface area contributed by atoms with Gasteiger partial charge in [-0.3, -0.25) is 0 Å². The van der Waals surface area contributed by atoms with Crippen LogP contribution in [0.4, 0.5) is 0 Å². The summed E-state index contributed by atoms with van der Waals surface area (Å²) < 4.78 is 0. The minimum absolute atomic E-state index is 0.400. The molecule has 2 radical (unpaired) electrons. The zero-order valence-corrected chi connectivity index (χ0v) is 5.61. The molecule has 0 aromatic rings. The third kappa shape index (κ3) is 4.13. The third-order valence-electron chi connectivity index (χ3n) is 1.05. The van der Waals surface area contributed by atoms with Gasteiger partial charge in [0.2, 0.25) is 0 Å². The van der Waals surface area contributed by atoms with Gasteiger partial charge >= 0.3 is 0 Å². The van der Waals surface area contributed by atoms with E-state index < -0.39 is 0 Å². The minimum atomic E-state index is 0.400. The number of nitrogens with one attached hydrogen (secondary N) is 1. The molecule has 0 aromatic heterocycles. The van der Waals surface area contributed by atoms with Crippen molar-refractivity contribution in [2.24, 2.45) is 0 Å². The van der Waals surface area contributed by atoms with Crippen LogP contribution in [-0.4, -0.2) is 12.6 Å². The van der Waals surface area contributed by atoms with Gasteiger partial charge in [0.05, 0.1) is 0 Å². The minimum Gasteiger partial charge on any atom is -0.314 e. The van der Waals surface area contributed by atoms with Crippen molar-refractivity contribution < 1.29 is 0 Å². The van der Waals surface area contributed by atoms with Crippen molar-refractivity contribution in [3.63, 3.8) is 0 Å². The average Bonchev–Trinajstić information content (AvgIpc) is 1.68. The molecule has 0 amide bonds. The van der Waals surface area contributed by atoms with E-state index >= 15 is 0 Å². The first-order valence-electron chi connectivity index (χ1n) is 3.17. The van der Waals surface area contributed by atoms with Crippen LogP contribution in [0.25, 0.3) is 0 Å². The van der Waals surface area contributed by atoms with Crippen molar-refractivity contribution in [1.29, 1.82) is 0 Å². The first-order valence-corrected chi connectivity index (χ1v) is 3.17. The molecule has 0 bridgehead atoms. The Balaban J connectivity index is 2.92. The van der Waals surface area contributed by atoms with Gasteiger partial charge in [0.25, 0.3) is 0 Å². The van der Waals surface area contributed by atoms with Crippen molar-refractivity contribution >= 4 is 0 Å². The van der Waals surface area contributed by atoms with Gasteiger partial charge in [-0.2, -0.15) is 0 Å². The highest BCUT2D eigenvalue weighted by Gasteiger charge is 1.94. The fourth-order valence-electron chi connectivity index (χ4n) is 0.637. The van der Waals surface area contributed by atoms with Gasteiger partial charge in [0, 0.05) is 6.04 Å². The van der Waals surface area contributed by atoms with E-state index in [-0.39, 0.29) is 0 Å². The lowest BCUT2D eigenvalue weighted by atomic mass is 10.2. The number of hydrogen-bond donors (Lipinski definition) is 1. The summed E-state index contributed by atoms with van der Waals surface area (Å²) in [5.74, 6) is 0. The molecule has 0 rings (SSSR count). The Morgan fingerprint density at radius 1 is 1.62 bits per heavy atom. The second kappa shape index (κ2) is 5.10. The van der Waals surface area contributed by atoms with Crippen LogP contribution in [-0.2, 0) is 0 Å². The molecule has 0 aliphatic rings. The first kappa shape index (κ1) is 7.96. The summed E-state index contributed by atoms with van der Waals surface area (Å²) >= 11 is 0. The van der Waals surface area contributed by atoms with Crippen LogP contribution in [0, 0.1) is 13.8 Å². The maximum Gasteiger partial charge on any atom is 0.00675 e. The predicted molar refractivity (Wildman–Crippen MR) is 37.4 cm³/mol. The Hall–Kier alpha value is -0.0400. The van der Waals surface area contributed by atoms with Crippen LogP contribution < -0.4 is 5.32 Å². The van der Waals surface area contributed by atoms with E-state index in [4.69, 9.17) is 0 Å². The topological polar surface area (TPSA) is 12.0 Å². The van der Waals surface area contributed by atoms with Crippen molar-refractivity contribution in [3.8, 4) is 0 Å². The summed E-state index contributed by atoms with van der Waals surface area (Å²) in [7, 11) is 0. The van der Waals surface area contributed by atoms with E-state index in [0.717, 1.165) is 19.4 Å². The standard InChI is InChI=1S/C7H15N/c1-4-6-7(3)8-5-2/h7-8H,1,3-6H2,2H3. The highest BCUT2D eigenvalue weighted by atomic mass is 14.9. The van der Waals surface area contributed by atoms with Gasteiger partial charge in [-0.05, 0) is 19.9 Å². The van der Waals surface area contributed by atoms with E-state index in [1.807, 2.05) is 0 Å². The second-order valence-corrected chi connectivity index (χ2v) is 1.90. The van der Waals surface area contributed by atoms with Crippen LogP contribution in [0.3, 0.4) is 0 Å². The monoisotopic (exact) mass is 113 g/mol. The molecule has 1 nitrogen and oxygen atoms in total. The van der Waals surface area contributed by atoms with Gasteiger partial charge < -0.3 is 5.32 Å². The van der Waals surface area contributed by atoms with Gasteiger partial charge in [-0.1, -0.05) is 20.3 Å². The van der Waals surface area contributed by atoms with Crippen LogP contribution >= 0.6 is 0 Å². The summed E-state index contributed by atoms with van der Waals surface area (Å²) in [4.78, 5) is 0. The molecular formula is C7H15N. The smallest absolute Gasteiger partial charge is 0.00675 e. The Bertz CT molecular complexity index is 37.7. The first-order chi connectivity index (χ1) is 3.81. The van der Waals surface area contributed by atoms with Crippen LogP contribution in [0.2, 0.25) is 0 Å². The summed E-state index contributed by atoms with van der Waals surface area (Å²) in [6.07, 6.45) is 2.05. The average molecular weight is 113 g/mol. The molecule has 1 unspecified atom stereocenters. The summed E-state index contributed by atoms with van der Waals surface area (Å²) in [6.45, 7) is 10.7. The molecule has 8 heavy (non-hydrogen) atoms. The van der Waals surface area contributed by atoms with Gasteiger partial charge in [-0.15, -0.1) is 0 Å². The zero-order valence-electron chi connectivity index (χ0n) is 5.61. The Kier molecular flexibility index (Phi) is 5.08. The molecule has 0 aliphatic heterocycles. The quantitative estimate of drug-likeness (QED) is 0.581. The molecule has 0 fully saturated rings. The van der Waals surface area contributed by atoms with Crippen molar-refractivity contribution in [3.05, 3.63) is 13.8 Å². The lowest BCUT2D eigenvalue weighted by molar-refractivity contribution is 0.575. The zero-order chi connectivity index (χ0) is 6.41. The molecule has 1 atom stereocenters. The van der Waals surface area contributed by atoms with Crippen molar-refractivity contribution in [2.75, 3.05) is 6.54 Å². The largest absolute Gasteiger partial charge is 0.314 e. The Labute approximate surface area is 52.5 Å². The lowest BCUT2D eigenvalue weighted by Crippen LogP contribution is -2.25. The molecule has 1 N–H and O–H groups in total. The van der Waals surface area contributed by atoms with Gasteiger partial charge in [0.15, 0.2) is 0 Å². The van der Waals surface area contributed by atoms with Crippen molar-refractivity contribution in [1.82, 2.24) is 5.32 Å². The molecule has 0 aromatic carbocycles. The molecule has 48 valence electrons. The van der Waals surface area contributed by atoms with Gasteiger partial charge in [0.1, 0.15) is 0 Å². The van der Waals surface area contributed by atoms with Crippen LogP contribution in [0.1, 0.15) is 19.8 Å². The Morgan fingerprint density at radius 2 is 2.25 bits per heavy atom. The molecule has 0 heterocycles. The van der Waals surface area contributed by atoms with E-state index in [1.54, 1.807) is 0 Å². The highest BCUT2D eigenvalue weighted by molar-refractivity contribution is 4.67. The third-order valence-corrected chi connectivity index (χ3v) is 1.05. The normalized spacial score (nSPS) is 13.9. The second-order valence-electron chi connectivity index (χ2n) is 1.90. The van der Waals surface area contributed by atoms with Crippen molar-refractivity contribution in [2.45, 2.75) is 25.8 Å². The maximum absolute atomic E-state index is 3.87. The maximum atomic E-state index is 3.87. The molecule has 0 saturated heterocycles. The van der Waals surface area contributed by atoms with Crippen LogP contribution in [0.15, 0.2) is 0 Å². The predicted octanol–water partition coefficient (Wildman–Crippen LogP) is 1.41. The van der Waals surface area contributed by atoms with E-state index in [1.165, 1.54) is 0 Å². The summed E-state index contributed by atoms with van der Waals surface area (Å²) in [5.41, 5.74) is 0. The highest BCUT2D eigenvalue weighted by Crippen LogP contribution is 1.91. The molecule has 0 aliphatic carbocycles. The number of rotatable bonds is 4. The molecule has 0 spiro atoms. The van der Waals surface area contributed by atoms with E-state index in [9.17, 15) is 0 Å². The van der Waals surface area contributed by atoms with E-state index in [2.05, 4.69) is 26.1 Å². The lowest BCUT2D eigenvalue weighted by Gasteiger charge is -2.08. The summed E-state index contributed by atoms with van der Waals surface area (Å²) in [5, 5.41) is 3.20. The molecule has 1 heteroatoms. The van der Waals surface area contributed by atoms with E-state index in [0.29, 0.717) is 6.04 Å². The fourth-order valence-corrected chi connectivity index (χ4v) is 0.637. The Morgan fingerprint density at radius 3 is 2.62 bits per heavy atom. The fraction of sp³-hybridized carbons (Fsp3) is 0.714.